The van der Waals surface area contributed by atoms with Crippen LogP contribution in [0.25, 0.3) is 10.9 Å². The van der Waals surface area contributed by atoms with Gasteiger partial charge in [0.05, 0.1) is 17.3 Å². The molecule has 2 unspecified atom stereocenters. The molecule has 4 nitrogen and oxygen atoms in total. The summed E-state index contributed by atoms with van der Waals surface area (Å²) in [6.07, 6.45) is 2.09. The largest absolute Gasteiger partial charge is 0.380 e. The number of hydrogen-bond donors (Lipinski definition) is 1. The van der Waals surface area contributed by atoms with Crippen molar-refractivity contribution < 1.29 is 4.74 Å². The molecule has 0 fully saturated rings. The average Bonchev–Trinajstić information content (AvgIpc) is 2.76. The number of nitrogens with one attached hydrogen (secondary N) is 1. The van der Waals surface area contributed by atoms with E-state index in [9.17, 15) is 0 Å². The predicted molar refractivity (Wildman–Crippen MR) is 78.4 cm³/mol. The lowest BCUT2D eigenvalue weighted by molar-refractivity contribution is 0.0675. The van der Waals surface area contributed by atoms with Crippen molar-refractivity contribution in [2.24, 2.45) is 7.05 Å². The van der Waals surface area contributed by atoms with E-state index < -0.39 is 0 Å². The van der Waals surface area contributed by atoms with Crippen LogP contribution in [0, 0.1) is 0 Å². The number of para-hydroxylation sites is 1. The molecular weight excluding hydrogens is 238 g/mol. The van der Waals surface area contributed by atoms with Crippen LogP contribution in [0.15, 0.2) is 24.3 Å². The third kappa shape index (κ3) is 2.80. The van der Waals surface area contributed by atoms with E-state index in [1.54, 1.807) is 7.11 Å². The first kappa shape index (κ1) is 14.0. The van der Waals surface area contributed by atoms with Gasteiger partial charge in [0, 0.05) is 32.0 Å². The van der Waals surface area contributed by atoms with Crippen molar-refractivity contribution in [3.63, 3.8) is 0 Å². The van der Waals surface area contributed by atoms with E-state index >= 15 is 0 Å². The smallest absolute Gasteiger partial charge is 0.0725 e. The molecule has 2 atom stereocenters. The van der Waals surface area contributed by atoms with E-state index in [0.29, 0.717) is 0 Å². The number of aryl methyl sites for hydroxylation is 1. The topological polar surface area (TPSA) is 39.1 Å². The van der Waals surface area contributed by atoms with Crippen LogP contribution in [-0.4, -0.2) is 36.1 Å². The van der Waals surface area contributed by atoms with Gasteiger partial charge >= 0.3 is 0 Å². The molecule has 1 aromatic heterocycles. The fourth-order valence-corrected chi connectivity index (χ4v) is 2.68. The summed E-state index contributed by atoms with van der Waals surface area (Å²) in [6.45, 7) is 2.15. The molecular formula is C15H23N3O. The van der Waals surface area contributed by atoms with Crippen molar-refractivity contribution in [3.8, 4) is 0 Å². The fraction of sp³-hybridized carbons (Fsp3) is 0.533. The fourth-order valence-electron chi connectivity index (χ4n) is 2.68. The van der Waals surface area contributed by atoms with Gasteiger partial charge in [0.1, 0.15) is 0 Å². The first-order valence-corrected chi connectivity index (χ1v) is 6.81. The van der Waals surface area contributed by atoms with Gasteiger partial charge in [0.15, 0.2) is 0 Å². The zero-order valence-corrected chi connectivity index (χ0v) is 12.2. The highest BCUT2D eigenvalue weighted by Gasteiger charge is 2.21. The Kier molecular flexibility index (Phi) is 4.56. The van der Waals surface area contributed by atoms with Crippen LogP contribution in [0.2, 0.25) is 0 Å². The van der Waals surface area contributed by atoms with Gasteiger partial charge in [0.25, 0.3) is 0 Å². The summed E-state index contributed by atoms with van der Waals surface area (Å²) in [7, 11) is 5.75. The van der Waals surface area contributed by atoms with Gasteiger partial charge in [-0.3, -0.25) is 4.68 Å². The molecule has 104 valence electrons. The summed E-state index contributed by atoms with van der Waals surface area (Å²) in [5.74, 6) is 0. The maximum atomic E-state index is 5.55. The number of likely N-dealkylation sites (N-methyl/N-ethyl adjacent to an activating group) is 1. The first-order chi connectivity index (χ1) is 9.21. The lowest BCUT2D eigenvalue weighted by Gasteiger charge is -2.24. The van der Waals surface area contributed by atoms with E-state index in [0.717, 1.165) is 18.5 Å². The molecule has 0 aliphatic carbocycles. The molecule has 0 amide bonds. The zero-order valence-electron chi connectivity index (χ0n) is 12.2. The average molecular weight is 261 g/mol. The van der Waals surface area contributed by atoms with Crippen LogP contribution >= 0.6 is 0 Å². The molecule has 2 rings (SSSR count). The summed E-state index contributed by atoms with van der Waals surface area (Å²) < 4.78 is 7.50. The number of rotatable bonds is 6. The highest BCUT2D eigenvalue weighted by atomic mass is 16.5. The molecule has 1 heterocycles. The van der Waals surface area contributed by atoms with Crippen molar-refractivity contribution in [1.29, 1.82) is 0 Å². The molecule has 1 N–H and O–H groups in total. The Balaban J connectivity index is 2.29. The molecule has 0 radical (unpaired) electrons. The molecule has 0 aliphatic rings. The molecule has 19 heavy (non-hydrogen) atoms. The molecule has 0 saturated heterocycles. The Morgan fingerprint density at radius 2 is 2.11 bits per heavy atom. The van der Waals surface area contributed by atoms with Crippen molar-refractivity contribution in [3.05, 3.63) is 30.0 Å². The summed E-state index contributed by atoms with van der Waals surface area (Å²) in [6, 6.07) is 8.64. The number of hydrogen-bond acceptors (Lipinski definition) is 3. The van der Waals surface area contributed by atoms with E-state index in [1.165, 1.54) is 10.9 Å². The SMILES string of the molecule is CCC(OC)C(Cc1nn(C)c2ccccc12)NC. The predicted octanol–water partition coefficient (Wildman–Crippen LogP) is 2.13. The first-order valence-electron chi connectivity index (χ1n) is 6.81. The van der Waals surface area contributed by atoms with Gasteiger partial charge in [0.2, 0.25) is 0 Å². The third-order valence-corrected chi connectivity index (χ3v) is 3.77. The molecule has 0 saturated carbocycles. The standard InChI is InChI=1S/C15H23N3O/c1-5-15(19-4)13(16-2)10-12-11-8-6-7-9-14(11)18(3)17-12/h6-9,13,15-16H,5,10H2,1-4H3. The molecule has 0 aliphatic heterocycles. The van der Waals surface area contributed by atoms with Gasteiger partial charge in [-0.25, -0.2) is 0 Å². The minimum Gasteiger partial charge on any atom is -0.380 e. The maximum absolute atomic E-state index is 5.55. The molecule has 0 spiro atoms. The van der Waals surface area contributed by atoms with Crippen LogP contribution < -0.4 is 5.32 Å². The van der Waals surface area contributed by atoms with Crippen molar-refractivity contribution >= 4 is 10.9 Å². The van der Waals surface area contributed by atoms with E-state index in [-0.39, 0.29) is 12.1 Å². The van der Waals surface area contributed by atoms with E-state index in [4.69, 9.17) is 4.74 Å². The van der Waals surface area contributed by atoms with Crippen LogP contribution in [0.3, 0.4) is 0 Å². The number of fused-ring (bicyclic) bond motifs is 1. The number of methoxy groups -OCH3 is 1. The minimum absolute atomic E-state index is 0.214. The summed E-state index contributed by atoms with van der Waals surface area (Å²) >= 11 is 0. The number of benzene rings is 1. The second kappa shape index (κ2) is 6.17. The maximum Gasteiger partial charge on any atom is 0.0725 e. The van der Waals surface area contributed by atoms with Crippen LogP contribution in [0.1, 0.15) is 19.0 Å². The Bertz CT molecular complexity index is 531. The Morgan fingerprint density at radius 1 is 1.37 bits per heavy atom. The van der Waals surface area contributed by atoms with E-state index in [1.807, 2.05) is 24.8 Å². The molecule has 2 aromatic rings. The molecule has 4 heteroatoms. The van der Waals surface area contributed by atoms with Crippen LogP contribution in [0.5, 0.6) is 0 Å². The van der Waals surface area contributed by atoms with Gasteiger partial charge in [-0.05, 0) is 19.5 Å². The Hall–Kier alpha value is -1.39. The normalized spacial score (nSPS) is 14.7. The van der Waals surface area contributed by atoms with Gasteiger partial charge in [-0.1, -0.05) is 25.1 Å². The van der Waals surface area contributed by atoms with Crippen molar-refractivity contribution in [1.82, 2.24) is 15.1 Å². The third-order valence-electron chi connectivity index (χ3n) is 3.77. The number of aromatic nitrogens is 2. The molecule has 1 aromatic carbocycles. The van der Waals surface area contributed by atoms with Gasteiger partial charge in [-0.15, -0.1) is 0 Å². The lowest BCUT2D eigenvalue weighted by Crippen LogP contribution is -2.40. The summed E-state index contributed by atoms with van der Waals surface area (Å²) in [4.78, 5) is 0. The van der Waals surface area contributed by atoms with Crippen LogP contribution in [-0.2, 0) is 18.2 Å². The second-order valence-corrected chi connectivity index (χ2v) is 4.87. The lowest BCUT2D eigenvalue weighted by atomic mass is 10.0. The quantitative estimate of drug-likeness (QED) is 0.866. The van der Waals surface area contributed by atoms with E-state index in [2.05, 4.69) is 35.5 Å². The van der Waals surface area contributed by atoms with Crippen molar-refractivity contribution in [2.45, 2.75) is 31.9 Å². The second-order valence-electron chi connectivity index (χ2n) is 4.87. The summed E-state index contributed by atoms with van der Waals surface area (Å²) in [5, 5.41) is 9.23. The van der Waals surface area contributed by atoms with Gasteiger partial charge < -0.3 is 10.1 Å². The zero-order chi connectivity index (χ0) is 13.8. The van der Waals surface area contributed by atoms with Crippen molar-refractivity contribution in [2.75, 3.05) is 14.2 Å². The number of ether oxygens (including phenoxy) is 1. The minimum atomic E-state index is 0.214. The summed E-state index contributed by atoms with van der Waals surface area (Å²) in [5.41, 5.74) is 2.31. The Labute approximate surface area is 114 Å². The highest BCUT2D eigenvalue weighted by molar-refractivity contribution is 5.81. The number of nitrogens with zero attached hydrogens (tertiary/aromatic N) is 2. The monoisotopic (exact) mass is 261 g/mol. The van der Waals surface area contributed by atoms with Crippen LogP contribution in [0.4, 0.5) is 0 Å². The van der Waals surface area contributed by atoms with Gasteiger partial charge in [-0.2, -0.15) is 5.10 Å². The molecule has 0 bridgehead atoms. The highest BCUT2D eigenvalue weighted by Crippen LogP contribution is 2.20. The Morgan fingerprint density at radius 3 is 2.74 bits per heavy atom.